The Hall–Kier alpha value is -0.320. The average Bonchev–Trinajstić information content (AvgIpc) is 2.12. The van der Waals surface area contributed by atoms with E-state index >= 15 is 0 Å². The first-order valence-corrected chi connectivity index (χ1v) is 5.32. The standard InChI is InChI=1S/C10H21N3O.ClH/c1-7-4-5-12-8(2)10(7)13-9(14)6-11-3;/h7-8,10-12H,4-6H2,1-3H3,(H,13,14);1H. The molecule has 1 rings (SSSR count). The normalized spacial score (nSPS) is 30.5. The van der Waals surface area contributed by atoms with Crippen molar-refractivity contribution < 1.29 is 4.79 Å². The maximum Gasteiger partial charge on any atom is 0.234 e. The number of nitrogens with one attached hydrogen (secondary N) is 3. The van der Waals surface area contributed by atoms with Crippen molar-refractivity contribution in [2.75, 3.05) is 20.1 Å². The fraction of sp³-hybridized carbons (Fsp3) is 0.900. The zero-order valence-corrected chi connectivity index (χ0v) is 10.5. The summed E-state index contributed by atoms with van der Waals surface area (Å²) in [5.41, 5.74) is 0. The molecule has 1 fully saturated rings. The van der Waals surface area contributed by atoms with E-state index in [4.69, 9.17) is 0 Å². The van der Waals surface area contributed by atoms with Crippen LogP contribution in [-0.2, 0) is 4.79 Å². The lowest BCUT2D eigenvalue weighted by Gasteiger charge is -2.36. The molecule has 1 aliphatic rings. The molecule has 0 aromatic heterocycles. The second kappa shape index (κ2) is 7.04. The van der Waals surface area contributed by atoms with Crippen LogP contribution in [0.15, 0.2) is 0 Å². The van der Waals surface area contributed by atoms with Gasteiger partial charge in [0, 0.05) is 12.1 Å². The van der Waals surface area contributed by atoms with Gasteiger partial charge in [-0.25, -0.2) is 0 Å². The minimum atomic E-state index is 0. The van der Waals surface area contributed by atoms with Gasteiger partial charge in [-0.15, -0.1) is 12.4 Å². The van der Waals surface area contributed by atoms with Gasteiger partial charge in [-0.1, -0.05) is 6.92 Å². The van der Waals surface area contributed by atoms with Crippen LogP contribution >= 0.6 is 12.4 Å². The van der Waals surface area contributed by atoms with Crippen molar-refractivity contribution in [3.05, 3.63) is 0 Å². The molecule has 0 spiro atoms. The van der Waals surface area contributed by atoms with Gasteiger partial charge in [0.25, 0.3) is 0 Å². The maximum atomic E-state index is 11.4. The van der Waals surface area contributed by atoms with Crippen LogP contribution < -0.4 is 16.0 Å². The molecule has 0 saturated carbocycles. The summed E-state index contributed by atoms with van der Waals surface area (Å²) in [4.78, 5) is 11.4. The lowest BCUT2D eigenvalue weighted by Crippen LogP contribution is -2.56. The number of carbonyl (C=O) groups excluding carboxylic acids is 1. The topological polar surface area (TPSA) is 53.2 Å². The van der Waals surface area contributed by atoms with Crippen LogP contribution in [0.5, 0.6) is 0 Å². The van der Waals surface area contributed by atoms with E-state index in [1.807, 2.05) is 0 Å². The van der Waals surface area contributed by atoms with Gasteiger partial charge in [0.2, 0.25) is 5.91 Å². The molecule has 0 bridgehead atoms. The number of hydrogen-bond acceptors (Lipinski definition) is 3. The highest BCUT2D eigenvalue weighted by molar-refractivity contribution is 5.85. The van der Waals surface area contributed by atoms with Crippen molar-refractivity contribution in [2.45, 2.75) is 32.4 Å². The zero-order valence-electron chi connectivity index (χ0n) is 9.67. The van der Waals surface area contributed by atoms with Gasteiger partial charge in [0.1, 0.15) is 0 Å². The van der Waals surface area contributed by atoms with E-state index in [0.29, 0.717) is 18.5 Å². The average molecular weight is 236 g/mol. The third kappa shape index (κ3) is 4.36. The molecule has 15 heavy (non-hydrogen) atoms. The molecule has 3 N–H and O–H groups in total. The Kier molecular flexibility index (Phi) is 6.89. The quantitative estimate of drug-likeness (QED) is 0.652. The van der Waals surface area contributed by atoms with Crippen LogP contribution in [-0.4, -0.2) is 38.1 Å². The maximum absolute atomic E-state index is 11.4. The van der Waals surface area contributed by atoms with Gasteiger partial charge in [-0.05, 0) is 32.9 Å². The summed E-state index contributed by atoms with van der Waals surface area (Å²) in [6, 6.07) is 0.643. The molecule has 0 radical (unpaired) electrons. The van der Waals surface area contributed by atoms with Crippen molar-refractivity contribution in [1.82, 2.24) is 16.0 Å². The van der Waals surface area contributed by atoms with Crippen LogP contribution in [0.1, 0.15) is 20.3 Å². The van der Waals surface area contributed by atoms with E-state index in [9.17, 15) is 4.79 Å². The van der Waals surface area contributed by atoms with Gasteiger partial charge in [-0.2, -0.15) is 0 Å². The van der Waals surface area contributed by atoms with Crippen molar-refractivity contribution >= 4 is 18.3 Å². The predicted octanol–water partition coefficient (Wildman–Crippen LogP) is 0.130. The summed E-state index contributed by atoms with van der Waals surface area (Å²) in [6.45, 7) is 5.78. The Morgan fingerprint density at radius 1 is 1.47 bits per heavy atom. The van der Waals surface area contributed by atoms with Crippen molar-refractivity contribution in [1.29, 1.82) is 0 Å². The van der Waals surface area contributed by atoms with E-state index in [1.54, 1.807) is 7.05 Å². The Labute approximate surface area is 98.0 Å². The zero-order chi connectivity index (χ0) is 10.6. The smallest absolute Gasteiger partial charge is 0.234 e. The van der Waals surface area contributed by atoms with Crippen molar-refractivity contribution in [2.24, 2.45) is 5.92 Å². The van der Waals surface area contributed by atoms with Gasteiger partial charge in [-0.3, -0.25) is 4.79 Å². The van der Waals surface area contributed by atoms with Crippen LogP contribution in [0.2, 0.25) is 0 Å². The number of likely N-dealkylation sites (N-methyl/N-ethyl adjacent to an activating group) is 1. The highest BCUT2D eigenvalue weighted by Crippen LogP contribution is 2.15. The van der Waals surface area contributed by atoms with Crippen LogP contribution in [0, 0.1) is 5.92 Å². The molecule has 0 aromatic carbocycles. The third-order valence-corrected chi connectivity index (χ3v) is 2.88. The molecule has 5 heteroatoms. The number of hydrogen-bond donors (Lipinski definition) is 3. The first kappa shape index (κ1) is 14.7. The largest absolute Gasteiger partial charge is 0.350 e. The molecular formula is C10H22ClN3O. The Morgan fingerprint density at radius 2 is 2.13 bits per heavy atom. The van der Waals surface area contributed by atoms with Gasteiger partial charge in [0.05, 0.1) is 6.54 Å². The highest BCUT2D eigenvalue weighted by Gasteiger charge is 2.28. The summed E-state index contributed by atoms with van der Waals surface area (Å²) in [5, 5.41) is 9.28. The van der Waals surface area contributed by atoms with Gasteiger partial charge >= 0.3 is 0 Å². The van der Waals surface area contributed by atoms with Gasteiger partial charge < -0.3 is 16.0 Å². The predicted molar refractivity (Wildman–Crippen MR) is 64.4 cm³/mol. The molecule has 3 atom stereocenters. The second-order valence-corrected chi connectivity index (χ2v) is 4.13. The molecule has 4 nitrogen and oxygen atoms in total. The number of amides is 1. The third-order valence-electron chi connectivity index (χ3n) is 2.88. The highest BCUT2D eigenvalue weighted by atomic mass is 35.5. The van der Waals surface area contributed by atoms with Crippen molar-refractivity contribution in [3.8, 4) is 0 Å². The fourth-order valence-corrected chi connectivity index (χ4v) is 2.00. The molecule has 1 amide bonds. The fourth-order valence-electron chi connectivity index (χ4n) is 2.00. The number of halogens is 1. The monoisotopic (exact) mass is 235 g/mol. The number of carbonyl (C=O) groups is 1. The lowest BCUT2D eigenvalue weighted by molar-refractivity contribution is -0.121. The van der Waals surface area contributed by atoms with E-state index < -0.39 is 0 Å². The summed E-state index contributed by atoms with van der Waals surface area (Å²) < 4.78 is 0. The number of piperidine rings is 1. The van der Waals surface area contributed by atoms with E-state index in [-0.39, 0.29) is 24.4 Å². The first-order valence-electron chi connectivity index (χ1n) is 5.32. The summed E-state index contributed by atoms with van der Waals surface area (Å²) in [6.07, 6.45) is 1.13. The lowest BCUT2D eigenvalue weighted by atomic mass is 9.89. The summed E-state index contributed by atoms with van der Waals surface area (Å²) >= 11 is 0. The minimum Gasteiger partial charge on any atom is -0.350 e. The van der Waals surface area contributed by atoms with E-state index in [1.165, 1.54) is 0 Å². The Balaban J connectivity index is 0.00000196. The summed E-state index contributed by atoms with van der Waals surface area (Å²) in [5.74, 6) is 0.645. The van der Waals surface area contributed by atoms with Crippen LogP contribution in [0.4, 0.5) is 0 Å². The van der Waals surface area contributed by atoms with E-state index in [0.717, 1.165) is 13.0 Å². The van der Waals surface area contributed by atoms with Crippen molar-refractivity contribution in [3.63, 3.8) is 0 Å². The van der Waals surface area contributed by atoms with Crippen LogP contribution in [0.3, 0.4) is 0 Å². The molecule has 1 heterocycles. The van der Waals surface area contributed by atoms with Crippen LogP contribution in [0.25, 0.3) is 0 Å². The molecule has 1 saturated heterocycles. The van der Waals surface area contributed by atoms with E-state index in [2.05, 4.69) is 29.8 Å². The molecule has 90 valence electrons. The molecular weight excluding hydrogens is 214 g/mol. The molecule has 3 unspecified atom stereocenters. The molecule has 0 aliphatic carbocycles. The molecule has 1 aliphatic heterocycles. The Bertz CT molecular complexity index is 191. The minimum absolute atomic E-state index is 0. The summed E-state index contributed by atoms with van der Waals surface area (Å²) in [7, 11) is 1.78. The molecule has 0 aromatic rings. The Morgan fingerprint density at radius 3 is 2.67 bits per heavy atom. The number of rotatable bonds is 3. The second-order valence-electron chi connectivity index (χ2n) is 4.13. The SMILES string of the molecule is CNCC(=O)NC1C(C)CCNC1C.Cl. The van der Waals surface area contributed by atoms with Gasteiger partial charge in [0.15, 0.2) is 0 Å². The first-order chi connectivity index (χ1) is 6.65.